The van der Waals surface area contributed by atoms with E-state index in [1.807, 2.05) is 5.32 Å². The third-order valence-corrected chi connectivity index (χ3v) is 5.95. The van der Waals surface area contributed by atoms with E-state index in [1.54, 1.807) is 5.32 Å². The summed E-state index contributed by atoms with van der Waals surface area (Å²) in [4.78, 5) is 22.8. The number of amides is 3. The van der Waals surface area contributed by atoms with E-state index in [4.69, 9.17) is 11.6 Å². The molecule has 3 amide bonds. The molecule has 6 nitrogen and oxygen atoms in total. The molecule has 1 unspecified atom stereocenters. The first kappa shape index (κ1) is 22.9. The summed E-state index contributed by atoms with van der Waals surface area (Å²) in [7, 11) is -5.52. The molecule has 0 saturated heterocycles. The molecule has 2 N–H and O–H groups in total. The highest BCUT2D eigenvalue weighted by atomic mass is 35.5. The molecule has 156 valence electrons. The monoisotopic (exact) mass is 472 g/mol. The number of carbonyl (C=O) groups excluding carboxylic acids is 2. The van der Waals surface area contributed by atoms with Crippen LogP contribution >= 0.6 is 23.2 Å². The van der Waals surface area contributed by atoms with Crippen molar-refractivity contribution >= 4 is 50.7 Å². The number of hydrogen-bond donors (Lipinski definition) is 2. The van der Waals surface area contributed by atoms with Gasteiger partial charge in [-0.1, -0.05) is 35.3 Å². The molecule has 0 aromatic heterocycles. The molecule has 0 radical (unpaired) electrons. The first-order valence-corrected chi connectivity index (χ1v) is 9.74. The first-order chi connectivity index (χ1) is 13.4. The van der Waals surface area contributed by atoms with Crippen molar-refractivity contribution in [3.05, 3.63) is 58.9 Å². The Balaban J connectivity index is 2.21. The number of sulfone groups is 1. The predicted octanol–water partition coefficient (Wildman–Crippen LogP) is 4.34. The number of halogens is 6. The van der Waals surface area contributed by atoms with Gasteiger partial charge in [-0.2, -0.15) is 8.78 Å². The fourth-order valence-electron chi connectivity index (χ4n) is 2.06. The second kappa shape index (κ2) is 8.56. The van der Waals surface area contributed by atoms with Gasteiger partial charge in [-0.15, -0.1) is 0 Å². The zero-order valence-electron chi connectivity index (χ0n) is 13.9. The Morgan fingerprint density at radius 3 is 2.31 bits per heavy atom. The summed E-state index contributed by atoms with van der Waals surface area (Å²) in [6.45, 7) is 0. The molecule has 0 aliphatic rings. The van der Waals surface area contributed by atoms with Crippen molar-refractivity contribution in [1.82, 2.24) is 5.32 Å². The highest BCUT2D eigenvalue weighted by molar-refractivity contribution is 7.92. The molecule has 1 atom stereocenters. The lowest BCUT2D eigenvalue weighted by molar-refractivity contribution is 0.0423. The van der Waals surface area contributed by atoms with E-state index < -0.39 is 48.9 Å². The fourth-order valence-corrected chi connectivity index (χ4v) is 3.75. The van der Waals surface area contributed by atoms with Crippen LogP contribution in [0.1, 0.15) is 10.4 Å². The Labute approximate surface area is 171 Å². The van der Waals surface area contributed by atoms with Gasteiger partial charge >= 0.3 is 11.3 Å². The first-order valence-electron chi connectivity index (χ1n) is 7.45. The number of nitrogens with one attached hydrogen (secondary N) is 2. The van der Waals surface area contributed by atoms with E-state index in [1.165, 1.54) is 12.1 Å². The standard InChI is InChI=1S/C16H10Cl2F4N2O4S/c17-10-5-2-6-11(19)12(10)13(25)24-15(26)23-8-3-1-4-9(7-8)29(27,28)16(21,22)14(18)20/h1-7,14H,(H2,23,24,25,26). The van der Waals surface area contributed by atoms with Crippen LogP contribution in [-0.4, -0.2) is 31.2 Å². The SMILES string of the molecule is O=C(NC(=O)c1c(F)cccc1Cl)Nc1cccc(S(=O)(=O)C(F)(F)C(F)Cl)c1. The van der Waals surface area contributed by atoms with Gasteiger partial charge in [-0.3, -0.25) is 10.1 Å². The van der Waals surface area contributed by atoms with Crippen LogP contribution < -0.4 is 10.6 Å². The summed E-state index contributed by atoms with van der Waals surface area (Å²) in [5.74, 6) is -2.21. The van der Waals surface area contributed by atoms with Gasteiger partial charge in [0.05, 0.1) is 15.5 Å². The van der Waals surface area contributed by atoms with Crippen LogP contribution in [0.3, 0.4) is 0 Å². The lowest BCUT2D eigenvalue weighted by Gasteiger charge is -2.17. The summed E-state index contributed by atoms with van der Waals surface area (Å²) in [6.07, 6.45) is 0. The van der Waals surface area contributed by atoms with Crippen molar-refractivity contribution in [1.29, 1.82) is 0 Å². The average Bonchev–Trinajstić information content (AvgIpc) is 2.61. The van der Waals surface area contributed by atoms with Crippen LogP contribution in [-0.2, 0) is 9.84 Å². The number of rotatable bonds is 5. The maximum atomic E-state index is 13.7. The second-order valence-electron chi connectivity index (χ2n) is 5.40. The number of imide groups is 1. The number of hydrogen-bond acceptors (Lipinski definition) is 4. The lowest BCUT2D eigenvalue weighted by Crippen LogP contribution is -2.36. The quantitative estimate of drug-likeness (QED) is 0.499. The van der Waals surface area contributed by atoms with Gasteiger partial charge in [-0.05, 0) is 30.3 Å². The molecule has 29 heavy (non-hydrogen) atoms. The van der Waals surface area contributed by atoms with E-state index in [0.29, 0.717) is 6.07 Å². The zero-order chi connectivity index (χ0) is 22.0. The number of alkyl halides is 4. The van der Waals surface area contributed by atoms with Gasteiger partial charge < -0.3 is 5.32 Å². The van der Waals surface area contributed by atoms with Crippen LogP contribution in [0.25, 0.3) is 0 Å². The highest BCUT2D eigenvalue weighted by Gasteiger charge is 2.53. The van der Waals surface area contributed by atoms with Crippen LogP contribution in [0.2, 0.25) is 5.02 Å². The molecule has 0 saturated carbocycles. The largest absolute Gasteiger partial charge is 0.393 e. The minimum atomic E-state index is -5.52. The maximum Gasteiger partial charge on any atom is 0.393 e. The molecule has 0 spiro atoms. The molecular weight excluding hydrogens is 463 g/mol. The highest BCUT2D eigenvalue weighted by Crippen LogP contribution is 2.36. The number of urea groups is 1. The second-order valence-corrected chi connectivity index (χ2v) is 8.21. The molecule has 2 aromatic carbocycles. The Bertz CT molecular complexity index is 1040. The third-order valence-electron chi connectivity index (χ3n) is 3.43. The molecule has 13 heteroatoms. The molecule has 0 aliphatic heterocycles. The summed E-state index contributed by atoms with van der Waals surface area (Å²) >= 11 is 10.3. The predicted molar refractivity (Wildman–Crippen MR) is 97.2 cm³/mol. The van der Waals surface area contributed by atoms with Crippen molar-refractivity contribution in [3.8, 4) is 0 Å². The minimum absolute atomic E-state index is 0.271. The molecule has 2 rings (SSSR count). The maximum absolute atomic E-state index is 13.7. The summed E-state index contributed by atoms with van der Waals surface area (Å²) in [5.41, 5.74) is -4.45. The Morgan fingerprint density at radius 1 is 1.10 bits per heavy atom. The molecule has 0 bridgehead atoms. The minimum Gasteiger partial charge on any atom is -0.308 e. The van der Waals surface area contributed by atoms with E-state index in [-0.39, 0.29) is 10.7 Å². The topological polar surface area (TPSA) is 92.3 Å². The van der Waals surface area contributed by atoms with Gasteiger partial charge in [0, 0.05) is 5.69 Å². The van der Waals surface area contributed by atoms with Gasteiger partial charge in [0.1, 0.15) is 5.82 Å². The van der Waals surface area contributed by atoms with Crippen molar-refractivity contribution < 1.29 is 35.6 Å². The van der Waals surface area contributed by atoms with Crippen molar-refractivity contribution in [3.63, 3.8) is 0 Å². The van der Waals surface area contributed by atoms with E-state index in [9.17, 15) is 35.6 Å². The summed E-state index contributed by atoms with van der Waals surface area (Å²) in [6, 6.07) is 5.55. The smallest absolute Gasteiger partial charge is 0.308 e. The van der Waals surface area contributed by atoms with Crippen LogP contribution in [0.15, 0.2) is 47.4 Å². The molecule has 0 heterocycles. The van der Waals surface area contributed by atoms with E-state index in [2.05, 4.69) is 11.6 Å². The van der Waals surface area contributed by atoms with Crippen molar-refractivity contribution in [2.75, 3.05) is 5.32 Å². The van der Waals surface area contributed by atoms with Crippen molar-refractivity contribution in [2.24, 2.45) is 0 Å². The lowest BCUT2D eigenvalue weighted by atomic mass is 10.2. The zero-order valence-corrected chi connectivity index (χ0v) is 16.3. The number of carbonyl (C=O) groups is 2. The number of benzene rings is 2. The molecular formula is C16H10Cl2F4N2O4S. The van der Waals surface area contributed by atoms with Gasteiger partial charge in [-0.25, -0.2) is 22.0 Å². The van der Waals surface area contributed by atoms with Gasteiger partial charge in [0.15, 0.2) is 0 Å². The van der Waals surface area contributed by atoms with Crippen molar-refractivity contribution in [2.45, 2.75) is 15.8 Å². The molecule has 0 fully saturated rings. The van der Waals surface area contributed by atoms with Crippen LogP contribution in [0.5, 0.6) is 0 Å². The van der Waals surface area contributed by atoms with Gasteiger partial charge in [0.2, 0.25) is 9.84 Å². The Morgan fingerprint density at radius 2 is 1.72 bits per heavy atom. The molecule has 2 aromatic rings. The Kier molecular flexibility index (Phi) is 6.76. The van der Waals surface area contributed by atoms with Gasteiger partial charge in [0.25, 0.3) is 11.5 Å². The van der Waals surface area contributed by atoms with E-state index >= 15 is 0 Å². The normalized spacial score (nSPS) is 12.9. The van der Waals surface area contributed by atoms with Crippen LogP contribution in [0.4, 0.5) is 28.0 Å². The number of anilines is 1. The average molecular weight is 473 g/mol. The molecule has 0 aliphatic carbocycles. The third kappa shape index (κ3) is 4.80. The van der Waals surface area contributed by atoms with Crippen LogP contribution in [0, 0.1) is 5.82 Å². The summed E-state index contributed by atoms with van der Waals surface area (Å²) in [5, 5.41) is -1.45. The summed E-state index contributed by atoms with van der Waals surface area (Å²) < 4.78 is 77.3. The fraction of sp³-hybridized carbons (Fsp3) is 0.125. The van der Waals surface area contributed by atoms with E-state index in [0.717, 1.165) is 24.3 Å². The Hall–Kier alpha value is -2.37.